The Balaban J connectivity index is 2.81. The van der Waals surface area contributed by atoms with Gasteiger partial charge in [-0.05, 0) is 26.0 Å². The normalized spacial score (nSPS) is 10.9. The zero-order valence-corrected chi connectivity index (χ0v) is 9.45. The van der Waals surface area contributed by atoms with Crippen molar-refractivity contribution in [3.05, 3.63) is 23.0 Å². The molecule has 2 N–H and O–H groups in total. The zero-order chi connectivity index (χ0) is 12.3. The maximum Gasteiger partial charge on any atom is 0.328 e. The molecule has 0 saturated heterocycles. The van der Waals surface area contributed by atoms with Gasteiger partial charge in [0, 0.05) is 0 Å². The standard InChI is InChI=1S/C9H10ClN3O3/c1-9(2,8(15)16)11-7(14)5-3-4-6(10)13-12-5/h3-4H,1-2H3,(H,11,14)(H,15,16). The molecule has 0 aliphatic carbocycles. The van der Waals surface area contributed by atoms with Gasteiger partial charge in [-0.2, -0.15) is 0 Å². The van der Waals surface area contributed by atoms with Crippen molar-refractivity contribution < 1.29 is 14.7 Å². The van der Waals surface area contributed by atoms with Crippen LogP contribution in [0.3, 0.4) is 0 Å². The van der Waals surface area contributed by atoms with Crippen LogP contribution in [0.25, 0.3) is 0 Å². The summed E-state index contributed by atoms with van der Waals surface area (Å²) in [5.41, 5.74) is -1.35. The highest BCUT2D eigenvalue weighted by molar-refractivity contribution is 6.29. The fourth-order valence-corrected chi connectivity index (χ4v) is 0.939. The molecule has 0 spiro atoms. The highest BCUT2D eigenvalue weighted by Gasteiger charge is 2.29. The first-order valence-corrected chi connectivity index (χ1v) is 4.76. The molecule has 1 amide bonds. The molecule has 0 aliphatic rings. The highest BCUT2D eigenvalue weighted by Crippen LogP contribution is 2.06. The molecule has 0 aliphatic heterocycles. The Morgan fingerprint density at radius 2 is 2.00 bits per heavy atom. The van der Waals surface area contributed by atoms with Crippen molar-refractivity contribution in [2.75, 3.05) is 0 Å². The van der Waals surface area contributed by atoms with Gasteiger partial charge in [0.15, 0.2) is 10.8 Å². The van der Waals surface area contributed by atoms with Crippen LogP contribution in [0.1, 0.15) is 24.3 Å². The second kappa shape index (κ2) is 4.44. The van der Waals surface area contributed by atoms with Crippen molar-refractivity contribution in [3.8, 4) is 0 Å². The van der Waals surface area contributed by atoms with Gasteiger partial charge in [-0.3, -0.25) is 4.79 Å². The largest absolute Gasteiger partial charge is 0.480 e. The lowest BCUT2D eigenvalue weighted by molar-refractivity contribution is -0.143. The SMILES string of the molecule is CC(C)(NC(=O)c1ccc(Cl)nn1)C(=O)O. The number of carboxylic acids is 1. The molecule has 0 unspecified atom stereocenters. The molecule has 1 aromatic heterocycles. The maximum absolute atomic E-state index is 11.6. The van der Waals surface area contributed by atoms with Gasteiger partial charge >= 0.3 is 5.97 Å². The molecule has 7 heteroatoms. The summed E-state index contributed by atoms with van der Waals surface area (Å²) < 4.78 is 0. The second-order valence-electron chi connectivity index (χ2n) is 3.63. The predicted octanol–water partition coefficient (Wildman–Crippen LogP) is 0.723. The van der Waals surface area contributed by atoms with Crippen LogP contribution in [0.2, 0.25) is 5.15 Å². The van der Waals surface area contributed by atoms with Gasteiger partial charge in [0.05, 0.1) is 0 Å². The van der Waals surface area contributed by atoms with Crippen LogP contribution in [0, 0.1) is 0 Å². The molecule has 6 nitrogen and oxygen atoms in total. The van der Waals surface area contributed by atoms with Crippen LogP contribution in [-0.4, -0.2) is 32.7 Å². The highest BCUT2D eigenvalue weighted by atomic mass is 35.5. The van der Waals surface area contributed by atoms with Crippen molar-refractivity contribution in [2.45, 2.75) is 19.4 Å². The third-order valence-electron chi connectivity index (χ3n) is 1.83. The van der Waals surface area contributed by atoms with E-state index in [-0.39, 0.29) is 10.8 Å². The monoisotopic (exact) mass is 243 g/mol. The molecular formula is C9H10ClN3O3. The third-order valence-corrected chi connectivity index (χ3v) is 2.03. The van der Waals surface area contributed by atoms with Crippen molar-refractivity contribution in [1.29, 1.82) is 0 Å². The minimum absolute atomic E-state index is 0.0127. The van der Waals surface area contributed by atoms with Gasteiger partial charge in [-0.15, -0.1) is 10.2 Å². The van der Waals surface area contributed by atoms with Crippen molar-refractivity contribution >= 4 is 23.5 Å². The van der Waals surface area contributed by atoms with Crippen LogP contribution in [0.4, 0.5) is 0 Å². The van der Waals surface area contributed by atoms with E-state index in [2.05, 4.69) is 15.5 Å². The number of carbonyl (C=O) groups is 2. The van der Waals surface area contributed by atoms with E-state index in [0.717, 1.165) is 0 Å². The van der Waals surface area contributed by atoms with Crippen LogP contribution in [-0.2, 0) is 4.79 Å². The molecule has 0 radical (unpaired) electrons. The first-order chi connectivity index (χ1) is 7.33. The van der Waals surface area contributed by atoms with Gasteiger partial charge in [-0.25, -0.2) is 4.79 Å². The van der Waals surface area contributed by atoms with Crippen molar-refractivity contribution in [2.24, 2.45) is 0 Å². The molecule has 16 heavy (non-hydrogen) atoms. The molecule has 0 saturated carbocycles. The Morgan fingerprint density at radius 3 is 2.44 bits per heavy atom. The lowest BCUT2D eigenvalue weighted by atomic mass is 10.1. The topological polar surface area (TPSA) is 92.2 Å². The Bertz CT molecular complexity index is 417. The fraction of sp³-hybridized carbons (Fsp3) is 0.333. The van der Waals surface area contributed by atoms with E-state index in [1.165, 1.54) is 26.0 Å². The Labute approximate surface area is 96.6 Å². The third kappa shape index (κ3) is 2.90. The number of carbonyl (C=O) groups excluding carboxylic acids is 1. The Hall–Kier alpha value is -1.69. The fourth-order valence-electron chi connectivity index (χ4n) is 0.838. The van der Waals surface area contributed by atoms with E-state index >= 15 is 0 Å². The number of halogens is 1. The van der Waals surface area contributed by atoms with E-state index in [4.69, 9.17) is 16.7 Å². The van der Waals surface area contributed by atoms with Gasteiger partial charge in [0.25, 0.3) is 5.91 Å². The van der Waals surface area contributed by atoms with Crippen LogP contribution < -0.4 is 5.32 Å². The van der Waals surface area contributed by atoms with E-state index in [0.29, 0.717) is 0 Å². The summed E-state index contributed by atoms with van der Waals surface area (Å²) in [4.78, 5) is 22.3. The Kier molecular flexibility index (Phi) is 3.44. The van der Waals surface area contributed by atoms with E-state index < -0.39 is 17.4 Å². The zero-order valence-electron chi connectivity index (χ0n) is 8.69. The molecule has 1 aromatic rings. The summed E-state index contributed by atoms with van der Waals surface area (Å²) in [6, 6.07) is 2.76. The summed E-state index contributed by atoms with van der Waals surface area (Å²) in [7, 11) is 0. The first-order valence-electron chi connectivity index (χ1n) is 4.38. The predicted molar refractivity (Wildman–Crippen MR) is 56.2 cm³/mol. The van der Waals surface area contributed by atoms with E-state index in [9.17, 15) is 9.59 Å². The first kappa shape index (κ1) is 12.4. The van der Waals surface area contributed by atoms with E-state index in [1.807, 2.05) is 0 Å². The molecule has 1 heterocycles. The number of amides is 1. The Morgan fingerprint density at radius 1 is 1.38 bits per heavy atom. The number of hydrogen-bond donors (Lipinski definition) is 2. The molecule has 0 fully saturated rings. The summed E-state index contributed by atoms with van der Waals surface area (Å²) >= 11 is 5.50. The van der Waals surface area contributed by atoms with Gasteiger partial charge in [0.2, 0.25) is 0 Å². The molecule has 0 aromatic carbocycles. The minimum atomic E-state index is -1.36. The second-order valence-corrected chi connectivity index (χ2v) is 4.01. The minimum Gasteiger partial charge on any atom is -0.480 e. The van der Waals surface area contributed by atoms with Crippen LogP contribution in [0.5, 0.6) is 0 Å². The van der Waals surface area contributed by atoms with Crippen molar-refractivity contribution in [1.82, 2.24) is 15.5 Å². The summed E-state index contributed by atoms with van der Waals surface area (Å²) in [5, 5.41) is 18.3. The van der Waals surface area contributed by atoms with Crippen LogP contribution >= 0.6 is 11.6 Å². The summed E-state index contributed by atoms with van der Waals surface area (Å²) in [6.07, 6.45) is 0. The number of nitrogens with zero attached hydrogens (tertiary/aromatic N) is 2. The molecule has 0 bridgehead atoms. The molecule has 0 atom stereocenters. The van der Waals surface area contributed by atoms with Gasteiger partial charge in [0.1, 0.15) is 5.54 Å². The number of nitrogens with one attached hydrogen (secondary N) is 1. The quantitative estimate of drug-likeness (QED) is 0.816. The number of aromatic nitrogens is 2. The summed E-state index contributed by atoms with van der Waals surface area (Å²) in [6.45, 7) is 2.74. The lowest BCUT2D eigenvalue weighted by Gasteiger charge is -2.20. The summed E-state index contributed by atoms with van der Waals surface area (Å²) in [5.74, 6) is -1.75. The number of carboxylic acid groups (broad SMARTS) is 1. The number of rotatable bonds is 3. The van der Waals surface area contributed by atoms with Crippen molar-refractivity contribution in [3.63, 3.8) is 0 Å². The average molecular weight is 244 g/mol. The van der Waals surface area contributed by atoms with E-state index in [1.54, 1.807) is 0 Å². The van der Waals surface area contributed by atoms with Gasteiger partial charge < -0.3 is 10.4 Å². The van der Waals surface area contributed by atoms with Crippen LogP contribution in [0.15, 0.2) is 12.1 Å². The molecule has 1 rings (SSSR count). The average Bonchev–Trinajstić information content (AvgIpc) is 2.17. The maximum atomic E-state index is 11.6. The molecule has 86 valence electrons. The smallest absolute Gasteiger partial charge is 0.328 e. The number of aliphatic carboxylic acids is 1. The van der Waals surface area contributed by atoms with Gasteiger partial charge in [-0.1, -0.05) is 11.6 Å². The molecular weight excluding hydrogens is 234 g/mol. The lowest BCUT2D eigenvalue weighted by Crippen LogP contribution is -2.49. The number of hydrogen-bond acceptors (Lipinski definition) is 4.